The number of benzene rings is 1. The lowest BCUT2D eigenvalue weighted by Gasteiger charge is -2.31. The maximum atomic E-state index is 12.6. The van der Waals surface area contributed by atoms with E-state index in [1.807, 2.05) is 31.2 Å². The normalized spacial score (nSPS) is 20.8. The Morgan fingerprint density at radius 3 is 2.53 bits per heavy atom. The summed E-state index contributed by atoms with van der Waals surface area (Å²) in [6.07, 6.45) is 6.10. The summed E-state index contributed by atoms with van der Waals surface area (Å²) in [6, 6.07) is 7.51. The van der Waals surface area contributed by atoms with E-state index < -0.39 is 10.0 Å². The summed E-state index contributed by atoms with van der Waals surface area (Å²) in [7, 11) is -3.28. The van der Waals surface area contributed by atoms with Gasteiger partial charge in [0.15, 0.2) is 0 Å². The number of piperidine rings is 1. The number of carbonyl (C=O) groups is 2. The summed E-state index contributed by atoms with van der Waals surface area (Å²) < 4.78 is 26.1. The van der Waals surface area contributed by atoms with Crippen LogP contribution >= 0.6 is 0 Å². The molecule has 8 heteroatoms. The zero-order valence-corrected chi connectivity index (χ0v) is 18.5. The fourth-order valence-corrected chi connectivity index (χ4v) is 5.91. The summed E-state index contributed by atoms with van der Waals surface area (Å²) in [6.45, 7) is 2.95. The van der Waals surface area contributed by atoms with E-state index in [9.17, 15) is 18.0 Å². The van der Waals surface area contributed by atoms with Crippen LogP contribution < -0.4 is 10.6 Å². The molecular formula is C22H33N3O4S. The highest BCUT2D eigenvalue weighted by Crippen LogP contribution is 2.26. The van der Waals surface area contributed by atoms with Gasteiger partial charge in [-0.15, -0.1) is 0 Å². The molecule has 1 saturated heterocycles. The van der Waals surface area contributed by atoms with Crippen LogP contribution in [0.5, 0.6) is 0 Å². The second-order valence-corrected chi connectivity index (χ2v) is 10.5. The molecule has 1 aromatic carbocycles. The van der Waals surface area contributed by atoms with Crippen molar-refractivity contribution in [2.24, 2.45) is 11.8 Å². The lowest BCUT2D eigenvalue weighted by molar-refractivity contribution is -0.126. The molecule has 1 aromatic rings. The van der Waals surface area contributed by atoms with Gasteiger partial charge >= 0.3 is 0 Å². The maximum Gasteiger partial charge on any atom is 0.227 e. The van der Waals surface area contributed by atoms with E-state index in [0.717, 1.165) is 36.9 Å². The molecule has 2 amide bonds. The van der Waals surface area contributed by atoms with Crippen LogP contribution in [0.3, 0.4) is 0 Å². The molecule has 30 heavy (non-hydrogen) atoms. The quantitative estimate of drug-likeness (QED) is 0.656. The van der Waals surface area contributed by atoms with Crippen LogP contribution in [0.4, 0.5) is 5.69 Å². The first-order valence-electron chi connectivity index (χ1n) is 11.0. The Balaban J connectivity index is 1.52. The number of carbonyl (C=O) groups excluding carboxylic acids is 2. The van der Waals surface area contributed by atoms with Crippen LogP contribution in [0.25, 0.3) is 0 Å². The Hall–Kier alpha value is -1.93. The highest BCUT2D eigenvalue weighted by atomic mass is 32.2. The fourth-order valence-electron chi connectivity index (χ4n) is 4.32. The minimum Gasteiger partial charge on any atom is -0.352 e. The SMILES string of the molecule is CCCS(=O)(=O)N1CCCC(C(=O)NCc2cccc(NC(=O)C3CCCC3)c2)C1. The Labute approximate surface area is 179 Å². The predicted octanol–water partition coefficient (Wildman–Crippen LogP) is 2.88. The largest absolute Gasteiger partial charge is 0.352 e. The van der Waals surface area contributed by atoms with E-state index in [1.54, 1.807) is 0 Å². The van der Waals surface area contributed by atoms with E-state index in [2.05, 4.69) is 10.6 Å². The molecule has 1 aliphatic carbocycles. The highest BCUT2D eigenvalue weighted by Gasteiger charge is 2.31. The van der Waals surface area contributed by atoms with Crippen molar-refractivity contribution in [3.8, 4) is 0 Å². The van der Waals surface area contributed by atoms with E-state index >= 15 is 0 Å². The summed E-state index contributed by atoms with van der Waals surface area (Å²) in [4.78, 5) is 25.0. The Kier molecular flexibility index (Phi) is 7.88. The molecule has 2 aliphatic rings. The molecule has 1 atom stereocenters. The predicted molar refractivity (Wildman–Crippen MR) is 117 cm³/mol. The van der Waals surface area contributed by atoms with Crippen LogP contribution in [0.15, 0.2) is 24.3 Å². The summed E-state index contributed by atoms with van der Waals surface area (Å²) in [5.41, 5.74) is 1.65. The molecule has 3 rings (SSSR count). The number of hydrogen-bond acceptors (Lipinski definition) is 4. The summed E-state index contributed by atoms with van der Waals surface area (Å²) in [5.74, 6) is -0.140. The number of nitrogens with one attached hydrogen (secondary N) is 2. The van der Waals surface area contributed by atoms with E-state index in [4.69, 9.17) is 0 Å². The third-order valence-corrected chi connectivity index (χ3v) is 8.04. The molecule has 1 aliphatic heterocycles. The van der Waals surface area contributed by atoms with Gasteiger partial charge in [0.2, 0.25) is 21.8 Å². The van der Waals surface area contributed by atoms with Gasteiger partial charge in [-0.2, -0.15) is 0 Å². The van der Waals surface area contributed by atoms with Crippen LogP contribution in [0.1, 0.15) is 57.4 Å². The average molecular weight is 436 g/mol. The Morgan fingerprint density at radius 2 is 1.80 bits per heavy atom. The summed E-state index contributed by atoms with van der Waals surface area (Å²) in [5, 5.41) is 5.92. The van der Waals surface area contributed by atoms with Crippen molar-refractivity contribution in [2.45, 2.75) is 58.4 Å². The first-order valence-corrected chi connectivity index (χ1v) is 12.7. The van der Waals surface area contributed by atoms with Crippen LogP contribution in [0, 0.1) is 11.8 Å². The van der Waals surface area contributed by atoms with Gasteiger partial charge in [-0.3, -0.25) is 9.59 Å². The Morgan fingerprint density at radius 1 is 1.07 bits per heavy atom. The average Bonchev–Trinajstić information content (AvgIpc) is 3.27. The third kappa shape index (κ3) is 6.04. The molecule has 7 nitrogen and oxygen atoms in total. The Bertz CT molecular complexity index is 850. The lowest BCUT2D eigenvalue weighted by Crippen LogP contribution is -2.45. The van der Waals surface area contributed by atoms with Crippen molar-refractivity contribution in [1.29, 1.82) is 0 Å². The first-order chi connectivity index (χ1) is 14.4. The van der Waals surface area contributed by atoms with Crippen LogP contribution in [0.2, 0.25) is 0 Å². The van der Waals surface area contributed by atoms with Gasteiger partial charge in [-0.25, -0.2) is 12.7 Å². The molecule has 0 radical (unpaired) electrons. The number of sulfonamides is 1. The molecule has 1 heterocycles. The molecule has 1 saturated carbocycles. The van der Waals surface area contributed by atoms with Gasteiger partial charge in [-0.05, 0) is 49.8 Å². The topological polar surface area (TPSA) is 95.6 Å². The number of anilines is 1. The number of amides is 2. The van der Waals surface area contributed by atoms with E-state index in [0.29, 0.717) is 32.4 Å². The van der Waals surface area contributed by atoms with Crippen molar-refractivity contribution < 1.29 is 18.0 Å². The minimum atomic E-state index is -3.28. The third-order valence-electron chi connectivity index (χ3n) is 6.00. The smallest absolute Gasteiger partial charge is 0.227 e. The van der Waals surface area contributed by atoms with Crippen molar-refractivity contribution in [1.82, 2.24) is 9.62 Å². The van der Waals surface area contributed by atoms with E-state index in [-0.39, 0.29) is 35.9 Å². The van der Waals surface area contributed by atoms with Crippen molar-refractivity contribution in [2.75, 3.05) is 24.2 Å². The lowest BCUT2D eigenvalue weighted by atomic mass is 9.98. The van der Waals surface area contributed by atoms with Gasteiger partial charge < -0.3 is 10.6 Å². The monoisotopic (exact) mass is 435 g/mol. The molecule has 1 unspecified atom stereocenters. The number of hydrogen-bond donors (Lipinski definition) is 2. The zero-order chi connectivity index (χ0) is 21.6. The second kappa shape index (κ2) is 10.4. The molecule has 2 fully saturated rings. The van der Waals surface area contributed by atoms with Crippen molar-refractivity contribution in [3.63, 3.8) is 0 Å². The van der Waals surface area contributed by atoms with Crippen molar-refractivity contribution in [3.05, 3.63) is 29.8 Å². The molecule has 0 spiro atoms. The van der Waals surface area contributed by atoms with Gasteiger partial charge in [-0.1, -0.05) is 31.9 Å². The molecule has 166 valence electrons. The minimum absolute atomic E-state index is 0.0734. The zero-order valence-electron chi connectivity index (χ0n) is 17.7. The van der Waals surface area contributed by atoms with Gasteiger partial charge in [0, 0.05) is 31.2 Å². The highest BCUT2D eigenvalue weighted by molar-refractivity contribution is 7.89. The molecule has 2 N–H and O–H groups in total. The van der Waals surface area contributed by atoms with Gasteiger partial charge in [0.25, 0.3) is 0 Å². The molecule has 0 bridgehead atoms. The standard InChI is InChI=1S/C22H33N3O4S/c1-2-13-30(28,29)25-12-6-10-19(16-25)21(26)23-15-17-7-5-11-20(14-17)24-22(27)18-8-3-4-9-18/h5,7,11,14,18-19H,2-4,6,8-10,12-13,15-16H2,1H3,(H,23,26)(H,24,27). The number of rotatable bonds is 8. The first kappa shape index (κ1) is 22.7. The van der Waals surface area contributed by atoms with Crippen LogP contribution in [-0.2, 0) is 26.2 Å². The van der Waals surface area contributed by atoms with Gasteiger partial charge in [0.05, 0.1) is 11.7 Å². The van der Waals surface area contributed by atoms with Crippen molar-refractivity contribution >= 4 is 27.5 Å². The fraction of sp³-hybridized carbons (Fsp3) is 0.636. The number of nitrogens with zero attached hydrogens (tertiary/aromatic N) is 1. The van der Waals surface area contributed by atoms with Crippen LogP contribution in [-0.4, -0.2) is 43.4 Å². The van der Waals surface area contributed by atoms with Gasteiger partial charge in [0.1, 0.15) is 0 Å². The molecule has 0 aromatic heterocycles. The van der Waals surface area contributed by atoms with E-state index in [1.165, 1.54) is 4.31 Å². The summed E-state index contributed by atoms with van der Waals surface area (Å²) >= 11 is 0. The second-order valence-electron chi connectivity index (χ2n) is 8.40. The molecular weight excluding hydrogens is 402 g/mol. The maximum absolute atomic E-state index is 12.6.